The molecule has 0 unspecified atom stereocenters. The van der Waals surface area contributed by atoms with E-state index >= 15 is 0 Å². The number of piperidine rings is 1. The zero-order chi connectivity index (χ0) is 13.5. The highest BCUT2D eigenvalue weighted by Crippen LogP contribution is 2.15. The smallest absolute Gasteiger partial charge is 0.0416 e. The first kappa shape index (κ1) is 20.6. The molecule has 2 heterocycles. The van der Waals surface area contributed by atoms with Crippen LogP contribution in [-0.4, -0.2) is 60.6 Å². The molecule has 122 valence electrons. The standard InChI is InChI=1S/C15H26N4.2ClH/c1-18(13-8-16)15-6-11-19(12-7-15)10-5-14-4-2-3-9-17-14;;/h2-4,9,15H,5-8,10-13,16H2,1H3;2*1H. The van der Waals surface area contributed by atoms with Gasteiger partial charge in [0.25, 0.3) is 0 Å². The van der Waals surface area contributed by atoms with Gasteiger partial charge in [-0.05, 0) is 45.1 Å². The number of hydrogen-bond donors (Lipinski definition) is 1. The van der Waals surface area contributed by atoms with Crippen LogP contribution in [0.25, 0.3) is 0 Å². The number of halogens is 2. The third-order valence-electron chi connectivity index (χ3n) is 4.07. The number of pyridine rings is 1. The highest BCUT2D eigenvalue weighted by molar-refractivity contribution is 5.85. The highest BCUT2D eigenvalue weighted by Gasteiger charge is 2.21. The SMILES string of the molecule is CN(CCN)C1CCN(CCc2ccccn2)CC1.Cl.Cl. The van der Waals surface area contributed by atoms with Gasteiger partial charge in [0.2, 0.25) is 0 Å². The van der Waals surface area contributed by atoms with Crippen molar-refractivity contribution in [2.24, 2.45) is 5.73 Å². The summed E-state index contributed by atoms with van der Waals surface area (Å²) in [4.78, 5) is 9.35. The molecule has 0 saturated carbocycles. The van der Waals surface area contributed by atoms with Gasteiger partial charge < -0.3 is 15.5 Å². The maximum absolute atomic E-state index is 5.62. The van der Waals surface area contributed by atoms with E-state index in [-0.39, 0.29) is 24.8 Å². The topological polar surface area (TPSA) is 45.4 Å². The lowest BCUT2D eigenvalue weighted by molar-refractivity contribution is 0.131. The summed E-state index contributed by atoms with van der Waals surface area (Å²) < 4.78 is 0. The predicted octanol–water partition coefficient (Wildman–Crippen LogP) is 1.82. The first-order valence-corrected chi connectivity index (χ1v) is 7.32. The van der Waals surface area contributed by atoms with Crippen LogP contribution in [0.4, 0.5) is 0 Å². The summed E-state index contributed by atoms with van der Waals surface area (Å²) in [5.74, 6) is 0. The van der Waals surface area contributed by atoms with E-state index in [9.17, 15) is 0 Å². The molecule has 1 aliphatic rings. The van der Waals surface area contributed by atoms with Crippen molar-refractivity contribution in [3.05, 3.63) is 30.1 Å². The van der Waals surface area contributed by atoms with Gasteiger partial charge in [0, 0.05) is 44.0 Å². The summed E-state index contributed by atoms with van der Waals surface area (Å²) in [5, 5.41) is 0. The molecule has 4 nitrogen and oxygen atoms in total. The molecule has 0 aliphatic carbocycles. The molecule has 0 spiro atoms. The fourth-order valence-electron chi connectivity index (χ4n) is 2.79. The Bertz CT molecular complexity index is 356. The monoisotopic (exact) mass is 334 g/mol. The van der Waals surface area contributed by atoms with Gasteiger partial charge in [-0.2, -0.15) is 0 Å². The van der Waals surface area contributed by atoms with Crippen LogP contribution in [0.15, 0.2) is 24.4 Å². The fraction of sp³-hybridized carbons (Fsp3) is 0.667. The van der Waals surface area contributed by atoms with E-state index in [2.05, 4.69) is 34.0 Å². The van der Waals surface area contributed by atoms with Gasteiger partial charge in [0.05, 0.1) is 0 Å². The van der Waals surface area contributed by atoms with Crippen LogP contribution in [0.3, 0.4) is 0 Å². The van der Waals surface area contributed by atoms with Gasteiger partial charge in [-0.25, -0.2) is 0 Å². The maximum Gasteiger partial charge on any atom is 0.0416 e. The summed E-state index contributed by atoms with van der Waals surface area (Å²) in [6.45, 7) is 5.30. The Labute approximate surface area is 140 Å². The van der Waals surface area contributed by atoms with Crippen LogP contribution in [0, 0.1) is 0 Å². The Morgan fingerprint density at radius 1 is 1.29 bits per heavy atom. The van der Waals surface area contributed by atoms with E-state index in [0.717, 1.165) is 32.1 Å². The summed E-state index contributed by atoms with van der Waals surface area (Å²) in [6.07, 6.45) is 5.46. The lowest BCUT2D eigenvalue weighted by Gasteiger charge is -2.36. The summed E-state index contributed by atoms with van der Waals surface area (Å²) >= 11 is 0. The molecule has 2 rings (SSSR count). The van der Waals surface area contributed by atoms with E-state index in [1.807, 2.05) is 12.3 Å². The normalized spacial score (nSPS) is 16.3. The number of likely N-dealkylation sites (N-methyl/N-ethyl adjacent to an activating group) is 1. The van der Waals surface area contributed by atoms with Gasteiger partial charge in [0.15, 0.2) is 0 Å². The molecule has 6 heteroatoms. The van der Waals surface area contributed by atoms with Crippen molar-refractivity contribution < 1.29 is 0 Å². The predicted molar refractivity (Wildman–Crippen MR) is 93.6 cm³/mol. The zero-order valence-electron chi connectivity index (χ0n) is 12.8. The van der Waals surface area contributed by atoms with Crippen molar-refractivity contribution in [3.63, 3.8) is 0 Å². The van der Waals surface area contributed by atoms with Crippen molar-refractivity contribution in [2.75, 3.05) is 39.8 Å². The Hall–Kier alpha value is -0.390. The third kappa shape index (κ3) is 6.94. The Balaban J connectivity index is 0.00000200. The van der Waals surface area contributed by atoms with E-state index in [1.54, 1.807) is 0 Å². The minimum Gasteiger partial charge on any atom is -0.329 e. The highest BCUT2D eigenvalue weighted by atomic mass is 35.5. The summed E-state index contributed by atoms with van der Waals surface area (Å²) in [5.41, 5.74) is 6.82. The molecule has 1 saturated heterocycles. The Kier molecular flexibility index (Phi) is 11.0. The van der Waals surface area contributed by atoms with Crippen molar-refractivity contribution in [1.29, 1.82) is 0 Å². The Morgan fingerprint density at radius 3 is 2.57 bits per heavy atom. The first-order valence-electron chi connectivity index (χ1n) is 7.32. The molecule has 0 radical (unpaired) electrons. The third-order valence-corrected chi connectivity index (χ3v) is 4.07. The van der Waals surface area contributed by atoms with Crippen LogP contribution >= 0.6 is 24.8 Å². The molecule has 0 atom stereocenters. The Morgan fingerprint density at radius 2 is 2.00 bits per heavy atom. The minimum absolute atomic E-state index is 0. The van der Waals surface area contributed by atoms with E-state index in [4.69, 9.17) is 5.73 Å². The van der Waals surface area contributed by atoms with Crippen LogP contribution in [-0.2, 0) is 6.42 Å². The van der Waals surface area contributed by atoms with Crippen molar-refractivity contribution in [1.82, 2.24) is 14.8 Å². The van der Waals surface area contributed by atoms with Crippen molar-refractivity contribution in [3.8, 4) is 0 Å². The second-order valence-corrected chi connectivity index (χ2v) is 5.41. The summed E-state index contributed by atoms with van der Waals surface area (Å²) in [7, 11) is 2.20. The molecule has 1 aliphatic heterocycles. The quantitative estimate of drug-likeness (QED) is 0.861. The lowest BCUT2D eigenvalue weighted by atomic mass is 10.0. The zero-order valence-corrected chi connectivity index (χ0v) is 14.4. The van der Waals surface area contributed by atoms with Crippen LogP contribution in [0.2, 0.25) is 0 Å². The van der Waals surface area contributed by atoms with E-state index < -0.39 is 0 Å². The number of aromatic nitrogens is 1. The molecule has 1 aromatic heterocycles. The summed E-state index contributed by atoms with van der Waals surface area (Å²) in [6, 6.07) is 6.87. The van der Waals surface area contributed by atoms with Gasteiger partial charge in [-0.15, -0.1) is 24.8 Å². The number of hydrogen-bond acceptors (Lipinski definition) is 4. The van der Waals surface area contributed by atoms with E-state index in [0.29, 0.717) is 0 Å². The molecule has 0 bridgehead atoms. The number of likely N-dealkylation sites (tertiary alicyclic amines) is 1. The van der Waals surface area contributed by atoms with Crippen LogP contribution < -0.4 is 5.73 Å². The van der Waals surface area contributed by atoms with Crippen molar-refractivity contribution in [2.45, 2.75) is 25.3 Å². The fourth-order valence-corrected chi connectivity index (χ4v) is 2.79. The maximum atomic E-state index is 5.62. The second-order valence-electron chi connectivity index (χ2n) is 5.41. The average Bonchev–Trinajstić information content (AvgIpc) is 2.47. The van der Waals surface area contributed by atoms with Crippen LogP contribution in [0.1, 0.15) is 18.5 Å². The van der Waals surface area contributed by atoms with Crippen molar-refractivity contribution >= 4 is 24.8 Å². The molecule has 1 fully saturated rings. The minimum atomic E-state index is 0. The van der Waals surface area contributed by atoms with Gasteiger partial charge in [0.1, 0.15) is 0 Å². The largest absolute Gasteiger partial charge is 0.329 e. The van der Waals surface area contributed by atoms with Gasteiger partial charge >= 0.3 is 0 Å². The molecule has 1 aromatic rings. The van der Waals surface area contributed by atoms with E-state index in [1.165, 1.54) is 31.6 Å². The van der Waals surface area contributed by atoms with Crippen LogP contribution in [0.5, 0.6) is 0 Å². The number of nitrogens with zero attached hydrogens (tertiary/aromatic N) is 3. The molecule has 0 aromatic carbocycles. The molecule has 2 N–H and O–H groups in total. The molecule has 21 heavy (non-hydrogen) atoms. The van der Waals surface area contributed by atoms with Gasteiger partial charge in [-0.1, -0.05) is 6.07 Å². The average molecular weight is 335 g/mol. The second kappa shape index (κ2) is 11.2. The molecular weight excluding hydrogens is 307 g/mol. The number of rotatable bonds is 6. The lowest BCUT2D eigenvalue weighted by Crippen LogP contribution is -2.45. The molecule has 0 amide bonds. The van der Waals surface area contributed by atoms with Gasteiger partial charge in [-0.3, -0.25) is 4.98 Å². The molecular formula is C15H28Cl2N4. The first-order chi connectivity index (χ1) is 9.29. The number of nitrogens with two attached hydrogens (primary N) is 1.